The van der Waals surface area contributed by atoms with Crippen LogP contribution in [0.25, 0.3) is 0 Å². The van der Waals surface area contributed by atoms with Crippen LogP contribution in [0.15, 0.2) is 71.7 Å². The van der Waals surface area contributed by atoms with E-state index >= 15 is 0 Å². The van der Waals surface area contributed by atoms with E-state index in [1.165, 1.54) is 11.6 Å². The van der Waals surface area contributed by atoms with Gasteiger partial charge in [0.2, 0.25) is 0 Å². The van der Waals surface area contributed by atoms with Gasteiger partial charge in [-0.2, -0.15) is 0 Å². The summed E-state index contributed by atoms with van der Waals surface area (Å²) in [5.41, 5.74) is 1.30. The van der Waals surface area contributed by atoms with Crippen molar-refractivity contribution < 1.29 is 19.0 Å². The van der Waals surface area contributed by atoms with Crippen molar-refractivity contribution in [3.8, 4) is 11.5 Å². The lowest BCUT2D eigenvalue weighted by Crippen LogP contribution is -2.37. The van der Waals surface area contributed by atoms with E-state index in [2.05, 4.69) is 17.0 Å². The minimum atomic E-state index is -0.960. The molecule has 1 atom stereocenters. The highest BCUT2D eigenvalue weighted by atomic mass is 19.1. The van der Waals surface area contributed by atoms with Gasteiger partial charge in [0, 0.05) is 31.9 Å². The lowest BCUT2D eigenvalue weighted by Gasteiger charge is -2.27. The molecule has 0 amide bonds. The lowest BCUT2D eigenvalue weighted by molar-refractivity contribution is -0.0177. The van der Waals surface area contributed by atoms with Gasteiger partial charge in [0.05, 0.1) is 12.2 Å². The maximum absolute atomic E-state index is 13.8. The molecule has 1 aliphatic rings. The molecule has 0 saturated carbocycles. The second-order valence-corrected chi connectivity index (χ2v) is 9.66. The average Bonchev–Trinajstić information content (AvgIpc) is 3.06. The summed E-state index contributed by atoms with van der Waals surface area (Å²) in [6.07, 6.45) is 4.67. The average molecular weight is 495 g/mol. The van der Waals surface area contributed by atoms with Crippen molar-refractivity contribution in [3.63, 3.8) is 0 Å². The summed E-state index contributed by atoms with van der Waals surface area (Å²) in [6.45, 7) is 5.66. The van der Waals surface area contributed by atoms with E-state index in [0.717, 1.165) is 43.8 Å². The molecular formula is C29H35FN2O4. The molecule has 1 aromatic heterocycles. The van der Waals surface area contributed by atoms with Crippen LogP contribution in [0.3, 0.4) is 0 Å². The number of likely N-dealkylation sites (tertiary alicyclic amines) is 1. The normalized spacial score (nSPS) is 18.5. The Hall–Kier alpha value is -3.16. The van der Waals surface area contributed by atoms with Gasteiger partial charge in [0.15, 0.2) is 11.6 Å². The number of nitrogens with zero attached hydrogens (tertiary/aromatic N) is 2. The first-order valence-corrected chi connectivity index (χ1v) is 12.6. The largest absolute Gasteiger partial charge is 0.494 e. The van der Waals surface area contributed by atoms with Gasteiger partial charge < -0.3 is 19.1 Å². The second-order valence-electron chi connectivity index (χ2n) is 9.66. The van der Waals surface area contributed by atoms with Crippen molar-refractivity contribution in [3.05, 3.63) is 94.2 Å². The van der Waals surface area contributed by atoms with Gasteiger partial charge in [0.1, 0.15) is 12.4 Å². The maximum atomic E-state index is 13.8. The van der Waals surface area contributed by atoms with E-state index in [4.69, 9.17) is 9.47 Å². The highest BCUT2D eigenvalue weighted by molar-refractivity contribution is 5.27. The zero-order valence-electron chi connectivity index (χ0n) is 20.9. The van der Waals surface area contributed by atoms with Gasteiger partial charge in [-0.3, -0.25) is 9.69 Å². The molecule has 1 aliphatic heterocycles. The SMILES string of the molecule is Cc1ccc(=O)n(CCCOc2ccc(CN3CCCC(O)(COc4ccccc4F)CC3)cc2)c1. The van der Waals surface area contributed by atoms with Crippen molar-refractivity contribution in [1.82, 2.24) is 9.47 Å². The minimum absolute atomic E-state index is 0.00882. The Bertz CT molecular complexity index is 1180. The number of ether oxygens (including phenoxy) is 2. The van der Waals surface area contributed by atoms with Crippen molar-refractivity contribution in [2.45, 2.75) is 51.3 Å². The summed E-state index contributed by atoms with van der Waals surface area (Å²) < 4.78 is 27.0. The molecule has 1 unspecified atom stereocenters. The predicted octanol–water partition coefficient (Wildman–Crippen LogP) is 4.56. The Morgan fingerprint density at radius 3 is 2.61 bits per heavy atom. The van der Waals surface area contributed by atoms with E-state index in [9.17, 15) is 14.3 Å². The Labute approximate surface area is 211 Å². The number of aromatic nitrogens is 1. The van der Waals surface area contributed by atoms with E-state index in [0.29, 0.717) is 26.0 Å². The van der Waals surface area contributed by atoms with Gasteiger partial charge in [0.25, 0.3) is 5.56 Å². The fraction of sp³-hybridized carbons (Fsp3) is 0.414. The molecule has 192 valence electrons. The number of benzene rings is 2. The Morgan fingerprint density at radius 1 is 1.00 bits per heavy atom. The van der Waals surface area contributed by atoms with Crippen molar-refractivity contribution >= 4 is 0 Å². The molecule has 1 fully saturated rings. The Kier molecular flexibility index (Phi) is 8.78. The molecule has 1 saturated heterocycles. The highest BCUT2D eigenvalue weighted by Gasteiger charge is 2.31. The van der Waals surface area contributed by atoms with Crippen LogP contribution in [0.1, 0.15) is 36.8 Å². The number of pyridine rings is 1. The van der Waals surface area contributed by atoms with Crippen LogP contribution in [0, 0.1) is 12.7 Å². The summed E-state index contributed by atoms with van der Waals surface area (Å²) in [6, 6.07) is 17.8. The van der Waals surface area contributed by atoms with E-state index in [-0.39, 0.29) is 17.9 Å². The first-order valence-electron chi connectivity index (χ1n) is 12.6. The van der Waals surface area contributed by atoms with Crippen LogP contribution in [0.2, 0.25) is 0 Å². The van der Waals surface area contributed by atoms with Crippen LogP contribution in [-0.2, 0) is 13.1 Å². The summed E-state index contributed by atoms with van der Waals surface area (Å²) >= 11 is 0. The van der Waals surface area contributed by atoms with Crippen LogP contribution >= 0.6 is 0 Å². The lowest BCUT2D eigenvalue weighted by atomic mass is 9.96. The van der Waals surface area contributed by atoms with Gasteiger partial charge >= 0.3 is 0 Å². The number of hydrogen-bond donors (Lipinski definition) is 1. The van der Waals surface area contributed by atoms with Crippen molar-refractivity contribution in [2.75, 3.05) is 26.3 Å². The fourth-order valence-electron chi connectivity index (χ4n) is 4.51. The van der Waals surface area contributed by atoms with Crippen molar-refractivity contribution in [1.29, 1.82) is 0 Å². The molecule has 4 rings (SSSR count). The van der Waals surface area contributed by atoms with Gasteiger partial charge in [-0.05, 0) is 74.5 Å². The summed E-state index contributed by atoms with van der Waals surface area (Å²) in [5.74, 6) is 0.579. The smallest absolute Gasteiger partial charge is 0.250 e. The third kappa shape index (κ3) is 7.42. The number of hydrogen-bond acceptors (Lipinski definition) is 5. The number of aliphatic hydroxyl groups is 1. The number of para-hydroxylation sites is 1. The number of rotatable bonds is 10. The van der Waals surface area contributed by atoms with Crippen LogP contribution < -0.4 is 15.0 Å². The van der Waals surface area contributed by atoms with E-state index < -0.39 is 11.4 Å². The Balaban J connectivity index is 1.20. The molecular weight excluding hydrogens is 459 g/mol. The highest BCUT2D eigenvalue weighted by Crippen LogP contribution is 2.26. The monoisotopic (exact) mass is 494 g/mol. The molecule has 0 aliphatic carbocycles. The van der Waals surface area contributed by atoms with Crippen LogP contribution in [-0.4, -0.2) is 46.5 Å². The number of halogens is 1. The fourth-order valence-corrected chi connectivity index (χ4v) is 4.51. The number of aryl methyl sites for hydroxylation is 2. The van der Waals surface area contributed by atoms with Crippen molar-refractivity contribution in [2.24, 2.45) is 0 Å². The summed E-state index contributed by atoms with van der Waals surface area (Å²) in [5, 5.41) is 11.0. The summed E-state index contributed by atoms with van der Waals surface area (Å²) in [4.78, 5) is 14.2. The standard InChI is InChI=1S/C29H35FN2O4/c1-23-8-13-28(33)32(20-23)17-5-19-35-25-11-9-24(10-12-25)21-31-16-4-14-29(34,15-18-31)22-36-27-7-3-2-6-26(27)30/h2-3,6-13,20,34H,4-5,14-19,21-22H2,1H3. The predicted molar refractivity (Wildman–Crippen MR) is 138 cm³/mol. The molecule has 7 heteroatoms. The molecule has 3 aromatic rings. The van der Waals surface area contributed by atoms with Crippen LogP contribution in [0.4, 0.5) is 4.39 Å². The molecule has 36 heavy (non-hydrogen) atoms. The first kappa shape index (κ1) is 25.9. The second kappa shape index (κ2) is 12.2. The maximum Gasteiger partial charge on any atom is 0.250 e. The third-order valence-corrected chi connectivity index (χ3v) is 6.62. The Morgan fingerprint density at radius 2 is 1.81 bits per heavy atom. The molecule has 2 heterocycles. The molecule has 2 aromatic carbocycles. The zero-order chi connectivity index (χ0) is 25.4. The van der Waals surface area contributed by atoms with Gasteiger partial charge in [-0.25, -0.2) is 4.39 Å². The molecule has 0 spiro atoms. The third-order valence-electron chi connectivity index (χ3n) is 6.62. The molecule has 6 nitrogen and oxygen atoms in total. The first-order chi connectivity index (χ1) is 17.4. The van der Waals surface area contributed by atoms with Gasteiger partial charge in [-0.15, -0.1) is 0 Å². The summed E-state index contributed by atoms with van der Waals surface area (Å²) in [7, 11) is 0. The van der Waals surface area contributed by atoms with E-state index in [1.54, 1.807) is 28.8 Å². The zero-order valence-corrected chi connectivity index (χ0v) is 20.9. The quantitative estimate of drug-likeness (QED) is 0.419. The minimum Gasteiger partial charge on any atom is -0.494 e. The van der Waals surface area contributed by atoms with Crippen LogP contribution in [0.5, 0.6) is 11.5 Å². The molecule has 0 radical (unpaired) electrons. The van der Waals surface area contributed by atoms with Gasteiger partial charge in [-0.1, -0.05) is 30.3 Å². The van der Waals surface area contributed by atoms with E-state index in [1.807, 2.05) is 31.3 Å². The molecule has 1 N–H and O–H groups in total. The molecule has 0 bridgehead atoms. The topological polar surface area (TPSA) is 63.9 Å².